The van der Waals surface area contributed by atoms with Gasteiger partial charge in [0.1, 0.15) is 23.3 Å². The second kappa shape index (κ2) is 12.6. The van der Waals surface area contributed by atoms with Gasteiger partial charge in [0.15, 0.2) is 11.7 Å². The number of piperazine rings is 1. The summed E-state index contributed by atoms with van der Waals surface area (Å²) in [5, 5.41) is 3.11. The maximum absolute atomic E-state index is 14.8. The second-order valence-corrected chi connectivity index (χ2v) is 10.2. The number of ether oxygens (including phenoxy) is 2. The first-order valence-electron chi connectivity index (χ1n) is 12.8. The van der Waals surface area contributed by atoms with E-state index in [0.29, 0.717) is 47.7 Å². The van der Waals surface area contributed by atoms with Crippen molar-refractivity contribution in [2.24, 2.45) is 4.99 Å². The fourth-order valence-electron chi connectivity index (χ4n) is 4.67. The van der Waals surface area contributed by atoms with E-state index in [0.717, 1.165) is 0 Å². The number of carbonyl (C=O) groups is 2. The summed E-state index contributed by atoms with van der Waals surface area (Å²) in [6.07, 6.45) is 1.00. The molecule has 0 unspecified atom stereocenters. The van der Waals surface area contributed by atoms with E-state index in [2.05, 4.69) is 31.2 Å². The molecule has 9 nitrogen and oxygen atoms in total. The Labute approximate surface area is 243 Å². The zero-order valence-electron chi connectivity index (χ0n) is 22.0. The number of aliphatic imine (C=N–C) groups is 1. The van der Waals surface area contributed by atoms with Crippen LogP contribution < -0.4 is 10.1 Å². The summed E-state index contributed by atoms with van der Waals surface area (Å²) in [6, 6.07) is 14.7. The molecule has 12 heteroatoms. The number of benzene rings is 2. The summed E-state index contributed by atoms with van der Waals surface area (Å²) in [5.74, 6) is -1.12. The van der Waals surface area contributed by atoms with Crippen LogP contribution in [0.3, 0.4) is 0 Å². The Morgan fingerprint density at radius 2 is 1.80 bits per heavy atom. The van der Waals surface area contributed by atoms with Gasteiger partial charge in [-0.15, -0.1) is 0 Å². The molecule has 0 saturated carbocycles. The van der Waals surface area contributed by atoms with Crippen LogP contribution in [-0.2, 0) is 9.53 Å². The van der Waals surface area contributed by atoms with Crippen LogP contribution in [0.5, 0.6) is 5.75 Å². The molecule has 212 valence electrons. The molecule has 3 aromatic rings. The van der Waals surface area contributed by atoms with Crippen LogP contribution in [0.2, 0.25) is 0 Å². The van der Waals surface area contributed by atoms with Gasteiger partial charge in [-0.25, -0.2) is 23.4 Å². The van der Waals surface area contributed by atoms with Crippen molar-refractivity contribution in [3.05, 3.63) is 105 Å². The van der Waals surface area contributed by atoms with E-state index in [1.165, 1.54) is 43.6 Å². The Morgan fingerprint density at radius 3 is 2.49 bits per heavy atom. The second-order valence-electron chi connectivity index (χ2n) is 9.33. The van der Waals surface area contributed by atoms with Gasteiger partial charge in [0.25, 0.3) is 0 Å². The highest BCUT2D eigenvalue weighted by Crippen LogP contribution is 2.37. The third kappa shape index (κ3) is 6.44. The number of hydrogen-bond acceptors (Lipinski definition) is 8. The normalized spacial score (nSPS) is 17.5. The van der Waals surface area contributed by atoms with Gasteiger partial charge < -0.3 is 19.7 Å². The van der Waals surface area contributed by atoms with Crippen LogP contribution in [0.1, 0.15) is 17.3 Å². The number of halogens is 3. The summed E-state index contributed by atoms with van der Waals surface area (Å²) in [6.45, 7) is 2.01. The molecule has 1 N–H and O–H groups in total. The number of amides is 1. The van der Waals surface area contributed by atoms with Gasteiger partial charge in [0.2, 0.25) is 0 Å². The predicted molar refractivity (Wildman–Crippen MR) is 150 cm³/mol. The lowest BCUT2D eigenvalue weighted by atomic mass is 9.95. The molecule has 1 atom stereocenters. The topological polar surface area (TPSA) is 96.4 Å². The number of nitrogens with one attached hydrogen (secondary N) is 1. The Balaban J connectivity index is 1.42. The van der Waals surface area contributed by atoms with E-state index in [9.17, 15) is 18.4 Å². The SMILES string of the molecule is COC(=O)C1=C(CN2CCN(C(=O)Oc3ccccc3)CC2)NC(c2ncccc2F)=N[C@H]1c1ccc(F)cc1Br. The lowest BCUT2D eigenvalue weighted by Crippen LogP contribution is -2.51. The molecule has 1 aromatic heterocycles. The molecule has 5 rings (SSSR count). The number of rotatable bonds is 6. The van der Waals surface area contributed by atoms with Crippen molar-refractivity contribution >= 4 is 33.8 Å². The lowest BCUT2D eigenvalue weighted by molar-refractivity contribution is -0.136. The molecule has 2 aliphatic heterocycles. The fraction of sp³-hybridized carbons (Fsp3) is 0.241. The number of pyridine rings is 1. The van der Waals surface area contributed by atoms with Crippen molar-refractivity contribution < 1.29 is 27.8 Å². The Morgan fingerprint density at radius 1 is 1.05 bits per heavy atom. The van der Waals surface area contributed by atoms with Gasteiger partial charge in [-0.3, -0.25) is 9.89 Å². The molecule has 0 bridgehead atoms. The highest BCUT2D eigenvalue weighted by atomic mass is 79.9. The van der Waals surface area contributed by atoms with Gasteiger partial charge in [0, 0.05) is 49.1 Å². The summed E-state index contributed by atoms with van der Waals surface area (Å²) in [4.78, 5) is 38.3. The Hall–Kier alpha value is -4.16. The number of aromatic nitrogens is 1. The molecule has 2 aromatic carbocycles. The van der Waals surface area contributed by atoms with Crippen molar-refractivity contribution in [2.75, 3.05) is 39.8 Å². The van der Waals surface area contributed by atoms with E-state index < -0.39 is 29.7 Å². The number of methoxy groups -OCH3 is 1. The molecule has 0 aliphatic carbocycles. The fourth-order valence-corrected chi connectivity index (χ4v) is 5.23. The van der Waals surface area contributed by atoms with Gasteiger partial charge in [0.05, 0.1) is 12.7 Å². The predicted octanol–water partition coefficient (Wildman–Crippen LogP) is 4.46. The molecule has 2 aliphatic rings. The highest BCUT2D eigenvalue weighted by molar-refractivity contribution is 9.10. The van der Waals surface area contributed by atoms with Crippen molar-refractivity contribution in [1.82, 2.24) is 20.1 Å². The van der Waals surface area contributed by atoms with Crippen molar-refractivity contribution in [1.29, 1.82) is 0 Å². The van der Waals surface area contributed by atoms with E-state index in [1.54, 1.807) is 29.2 Å². The number of amidine groups is 1. The van der Waals surface area contributed by atoms with Crippen molar-refractivity contribution in [3.63, 3.8) is 0 Å². The van der Waals surface area contributed by atoms with Crippen LogP contribution >= 0.6 is 15.9 Å². The molecule has 1 saturated heterocycles. The zero-order valence-corrected chi connectivity index (χ0v) is 23.6. The van der Waals surface area contributed by atoms with Crippen molar-refractivity contribution in [3.8, 4) is 5.75 Å². The zero-order chi connectivity index (χ0) is 28.9. The first-order valence-corrected chi connectivity index (χ1v) is 13.6. The molecule has 1 fully saturated rings. The smallest absolute Gasteiger partial charge is 0.415 e. The minimum Gasteiger partial charge on any atom is -0.466 e. The average molecular weight is 626 g/mol. The molecule has 1 amide bonds. The van der Waals surface area contributed by atoms with Crippen LogP contribution in [-0.4, -0.2) is 72.5 Å². The van der Waals surface area contributed by atoms with E-state index in [-0.39, 0.29) is 23.6 Å². The molecule has 3 heterocycles. The first kappa shape index (κ1) is 28.4. The highest BCUT2D eigenvalue weighted by Gasteiger charge is 2.35. The monoisotopic (exact) mass is 625 g/mol. The molecular formula is C29H26BrF2N5O4. The minimum atomic E-state index is -0.938. The third-order valence-corrected chi connectivity index (χ3v) is 7.42. The molecule has 0 spiro atoms. The van der Waals surface area contributed by atoms with Crippen LogP contribution in [0.15, 0.2) is 87.6 Å². The lowest BCUT2D eigenvalue weighted by Gasteiger charge is -2.36. The summed E-state index contributed by atoms with van der Waals surface area (Å²) >= 11 is 3.38. The Kier molecular flexibility index (Phi) is 8.70. The van der Waals surface area contributed by atoms with E-state index in [4.69, 9.17) is 9.47 Å². The maximum atomic E-state index is 14.8. The third-order valence-electron chi connectivity index (χ3n) is 6.73. The van der Waals surface area contributed by atoms with Crippen LogP contribution in [0.4, 0.5) is 13.6 Å². The number of esters is 1. The quantitative estimate of drug-likeness (QED) is 0.404. The molecule has 41 heavy (non-hydrogen) atoms. The molecular weight excluding hydrogens is 600 g/mol. The van der Waals surface area contributed by atoms with Gasteiger partial charge in [-0.2, -0.15) is 0 Å². The first-order chi connectivity index (χ1) is 19.8. The maximum Gasteiger partial charge on any atom is 0.415 e. The van der Waals surface area contributed by atoms with Gasteiger partial charge in [-0.1, -0.05) is 40.2 Å². The van der Waals surface area contributed by atoms with Gasteiger partial charge >= 0.3 is 12.1 Å². The van der Waals surface area contributed by atoms with Crippen LogP contribution in [0.25, 0.3) is 0 Å². The number of carbonyl (C=O) groups excluding carboxylic acids is 2. The average Bonchev–Trinajstić information content (AvgIpc) is 2.97. The molecule has 0 radical (unpaired) electrons. The minimum absolute atomic E-state index is 0.0226. The number of nitrogens with zero attached hydrogens (tertiary/aromatic N) is 4. The largest absolute Gasteiger partial charge is 0.466 e. The number of para-hydroxylation sites is 1. The van der Waals surface area contributed by atoms with Crippen LogP contribution in [0, 0.1) is 11.6 Å². The summed E-state index contributed by atoms with van der Waals surface area (Å²) in [7, 11) is 1.26. The van der Waals surface area contributed by atoms with E-state index in [1.807, 2.05) is 11.0 Å². The Bertz CT molecular complexity index is 1510. The number of hydrogen-bond donors (Lipinski definition) is 1. The van der Waals surface area contributed by atoms with Crippen molar-refractivity contribution in [2.45, 2.75) is 6.04 Å². The van der Waals surface area contributed by atoms with E-state index >= 15 is 0 Å². The summed E-state index contributed by atoms with van der Waals surface area (Å²) in [5.41, 5.74) is 1.11. The van der Waals surface area contributed by atoms with Gasteiger partial charge in [-0.05, 0) is 42.0 Å². The standard InChI is InChI=1S/C29H26BrF2N5O4/c1-40-28(38)24-23(17-36-12-14-37(15-13-36)29(39)41-19-6-3-2-4-7-19)34-27(26-22(32)8-5-11-33-26)35-25(24)20-10-9-18(31)16-21(20)30/h2-11,16,25H,12-15,17H2,1H3,(H,34,35)/t25-/m0/s1. The summed E-state index contributed by atoms with van der Waals surface area (Å²) < 4.78 is 39.7.